The number of fused-ring (bicyclic) bond motifs is 1. The van der Waals surface area contributed by atoms with E-state index >= 15 is 0 Å². The molecule has 8 heteroatoms. The fraction of sp³-hybridized carbons (Fsp3) is 0.652. The second-order valence-corrected chi connectivity index (χ2v) is 10.3. The van der Waals surface area contributed by atoms with Gasteiger partial charge < -0.3 is 9.88 Å². The Labute approximate surface area is 186 Å². The van der Waals surface area contributed by atoms with E-state index in [0.29, 0.717) is 36.3 Å². The molecule has 7 nitrogen and oxygen atoms in total. The number of aryl methyl sites for hydroxylation is 2. The summed E-state index contributed by atoms with van der Waals surface area (Å²) in [6.07, 6.45) is 8.25. The summed E-state index contributed by atoms with van der Waals surface area (Å²) in [5.74, 6) is 0.887. The summed E-state index contributed by atoms with van der Waals surface area (Å²) >= 11 is 0. The molecule has 1 amide bonds. The van der Waals surface area contributed by atoms with E-state index in [1.165, 1.54) is 12.8 Å². The van der Waals surface area contributed by atoms with Gasteiger partial charge in [0, 0.05) is 39.0 Å². The van der Waals surface area contributed by atoms with Crippen LogP contribution < -0.4 is 5.32 Å². The van der Waals surface area contributed by atoms with Crippen molar-refractivity contribution in [2.24, 2.45) is 0 Å². The van der Waals surface area contributed by atoms with Gasteiger partial charge in [-0.05, 0) is 43.9 Å². The first kappa shape index (κ1) is 23.7. The van der Waals surface area contributed by atoms with Crippen molar-refractivity contribution in [2.45, 2.75) is 83.1 Å². The molecule has 1 aliphatic heterocycles. The number of imidazole rings is 1. The summed E-state index contributed by atoms with van der Waals surface area (Å²) in [6, 6.07) is 5.24. The van der Waals surface area contributed by atoms with Crippen LogP contribution in [0, 0.1) is 0 Å². The number of rotatable bonds is 12. The Kier molecular flexibility index (Phi) is 8.49. The molecule has 1 aliphatic rings. The van der Waals surface area contributed by atoms with E-state index in [1.54, 1.807) is 16.4 Å². The lowest BCUT2D eigenvalue weighted by atomic mass is 10.2. The highest BCUT2D eigenvalue weighted by molar-refractivity contribution is 7.89. The molecular weight excluding hydrogens is 412 g/mol. The van der Waals surface area contributed by atoms with Crippen LogP contribution in [0.25, 0.3) is 11.0 Å². The molecule has 31 heavy (non-hydrogen) atoms. The SMILES string of the molecule is CCCCCCNC(=O)CCc1nc2cc(S(=O)(=O)N3CCCC3)ccc2n1CCC. The summed E-state index contributed by atoms with van der Waals surface area (Å²) in [5.41, 5.74) is 1.61. The maximum Gasteiger partial charge on any atom is 0.243 e. The van der Waals surface area contributed by atoms with Crippen molar-refractivity contribution < 1.29 is 13.2 Å². The van der Waals surface area contributed by atoms with Crippen LogP contribution in [0.2, 0.25) is 0 Å². The fourth-order valence-electron chi connectivity index (χ4n) is 4.15. The van der Waals surface area contributed by atoms with Gasteiger partial charge in [-0.25, -0.2) is 13.4 Å². The number of sulfonamides is 1. The Morgan fingerprint density at radius 3 is 2.58 bits per heavy atom. The third-order valence-electron chi connectivity index (χ3n) is 5.88. The number of aromatic nitrogens is 2. The Hall–Kier alpha value is -1.93. The summed E-state index contributed by atoms with van der Waals surface area (Å²) < 4.78 is 29.5. The number of carbonyl (C=O) groups excluding carboxylic acids is 1. The highest BCUT2D eigenvalue weighted by Gasteiger charge is 2.27. The molecule has 0 unspecified atom stereocenters. The third kappa shape index (κ3) is 5.86. The van der Waals surface area contributed by atoms with Gasteiger partial charge >= 0.3 is 0 Å². The van der Waals surface area contributed by atoms with E-state index < -0.39 is 10.0 Å². The number of hydrogen-bond acceptors (Lipinski definition) is 4. The molecule has 0 spiro atoms. The number of nitrogens with zero attached hydrogens (tertiary/aromatic N) is 3. The standard InChI is InChI=1S/C23H36N4O3S/c1-3-5-6-7-14-24-23(28)13-12-22-25-20-18-19(10-11-21(20)27(22)15-4-2)31(29,30)26-16-8-9-17-26/h10-11,18H,3-9,12-17H2,1-2H3,(H,24,28). The molecule has 1 aromatic carbocycles. The summed E-state index contributed by atoms with van der Waals surface area (Å²) in [4.78, 5) is 17.3. The van der Waals surface area contributed by atoms with Crippen LogP contribution in [0.5, 0.6) is 0 Å². The van der Waals surface area contributed by atoms with Crippen LogP contribution in [0.4, 0.5) is 0 Å². The first-order chi connectivity index (χ1) is 15.0. The predicted octanol–water partition coefficient (Wildman–Crippen LogP) is 3.86. The second-order valence-electron chi connectivity index (χ2n) is 8.35. The zero-order valence-corrected chi connectivity index (χ0v) is 19.7. The van der Waals surface area contributed by atoms with E-state index in [4.69, 9.17) is 4.98 Å². The highest BCUT2D eigenvalue weighted by Crippen LogP contribution is 2.25. The van der Waals surface area contributed by atoms with Crippen molar-refractivity contribution in [2.75, 3.05) is 19.6 Å². The van der Waals surface area contributed by atoms with Gasteiger partial charge in [0.1, 0.15) is 5.82 Å². The molecule has 3 rings (SSSR count). The summed E-state index contributed by atoms with van der Waals surface area (Å²) in [6.45, 7) is 6.97. The van der Waals surface area contributed by atoms with Gasteiger partial charge in [-0.15, -0.1) is 0 Å². The quantitative estimate of drug-likeness (QED) is 0.500. The smallest absolute Gasteiger partial charge is 0.243 e. The minimum atomic E-state index is -3.47. The fourth-order valence-corrected chi connectivity index (χ4v) is 5.69. The largest absolute Gasteiger partial charge is 0.356 e. The Bertz CT molecular complexity index is 978. The van der Waals surface area contributed by atoms with Gasteiger partial charge in [0.15, 0.2) is 0 Å². The van der Waals surface area contributed by atoms with Gasteiger partial charge in [0.05, 0.1) is 15.9 Å². The van der Waals surface area contributed by atoms with Crippen molar-refractivity contribution in [3.05, 3.63) is 24.0 Å². The topological polar surface area (TPSA) is 84.3 Å². The van der Waals surface area contributed by atoms with Crippen LogP contribution in [0.15, 0.2) is 23.1 Å². The van der Waals surface area contributed by atoms with Crippen molar-refractivity contribution in [1.82, 2.24) is 19.2 Å². The Morgan fingerprint density at radius 2 is 1.87 bits per heavy atom. The highest BCUT2D eigenvalue weighted by atomic mass is 32.2. The molecule has 0 atom stereocenters. The Morgan fingerprint density at radius 1 is 1.10 bits per heavy atom. The van der Waals surface area contributed by atoms with Crippen LogP contribution >= 0.6 is 0 Å². The molecule has 2 aromatic rings. The first-order valence-corrected chi connectivity index (χ1v) is 13.2. The molecule has 1 aromatic heterocycles. The number of benzene rings is 1. The molecule has 2 heterocycles. The van der Waals surface area contributed by atoms with Crippen LogP contribution in [-0.4, -0.2) is 47.8 Å². The van der Waals surface area contributed by atoms with Crippen LogP contribution in [0.3, 0.4) is 0 Å². The molecule has 0 aliphatic carbocycles. The summed E-state index contributed by atoms with van der Waals surface area (Å²) in [7, 11) is -3.47. The molecule has 1 fully saturated rings. The van der Waals surface area contributed by atoms with Crippen molar-refractivity contribution in [3.8, 4) is 0 Å². The average molecular weight is 449 g/mol. The Balaban J connectivity index is 1.72. The minimum Gasteiger partial charge on any atom is -0.356 e. The van der Waals surface area contributed by atoms with Crippen LogP contribution in [0.1, 0.15) is 71.0 Å². The minimum absolute atomic E-state index is 0.0453. The average Bonchev–Trinajstić information content (AvgIpc) is 3.41. The third-order valence-corrected chi connectivity index (χ3v) is 7.77. The number of carbonyl (C=O) groups is 1. The number of unbranched alkanes of at least 4 members (excludes halogenated alkanes) is 3. The van der Waals surface area contributed by atoms with Gasteiger partial charge in [-0.1, -0.05) is 33.1 Å². The molecule has 0 radical (unpaired) electrons. The van der Waals surface area contributed by atoms with E-state index in [2.05, 4.69) is 23.7 Å². The number of hydrogen-bond donors (Lipinski definition) is 1. The molecule has 172 valence electrons. The monoisotopic (exact) mass is 448 g/mol. The van der Waals surface area contributed by atoms with E-state index in [9.17, 15) is 13.2 Å². The van der Waals surface area contributed by atoms with E-state index in [1.807, 2.05) is 6.07 Å². The van der Waals surface area contributed by atoms with E-state index in [-0.39, 0.29) is 5.91 Å². The second kappa shape index (κ2) is 11.1. The van der Waals surface area contributed by atoms with Gasteiger partial charge in [-0.2, -0.15) is 4.31 Å². The van der Waals surface area contributed by atoms with Crippen molar-refractivity contribution in [1.29, 1.82) is 0 Å². The lowest BCUT2D eigenvalue weighted by Crippen LogP contribution is -2.27. The molecular formula is C23H36N4O3S. The number of amides is 1. The van der Waals surface area contributed by atoms with Gasteiger partial charge in [0.25, 0.3) is 0 Å². The lowest BCUT2D eigenvalue weighted by molar-refractivity contribution is -0.121. The van der Waals surface area contributed by atoms with Gasteiger partial charge in [-0.3, -0.25) is 4.79 Å². The summed E-state index contributed by atoms with van der Waals surface area (Å²) in [5, 5.41) is 3.00. The zero-order chi connectivity index (χ0) is 22.3. The van der Waals surface area contributed by atoms with Gasteiger partial charge in [0.2, 0.25) is 15.9 Å². The normalized spacial score (nSPS) is 15.0. The molecule has 1 N–H and O–H groups in total. The predicted molar refractivity (Wildman–Crippen MR) is 123 cm³/mol. The zero-order valence-electron chi connectivity index (χ0n) is 18.9. The maximum absolute atomic E-state index is 12.9. The van der Waals surface area contributed by atoms with Crippen LogP contribution in [-0.2, 0) is 27.8 Å². The number of nitrogens with one attached hydrogen (secondary N) is 1. The molecule has 1 saturated heterocycles. The lowest BCUT2D eigenvalue weighted by Gasteiger charge is -2.15. The van der Waals surface area contributed by atoms with E-state index in [0.717, 1.165) is 56.5 Å². The maximum atomic E-state index is 12.9. The van der Waals surface area contributed by atoms with Crippen molar-refractivity contribution in [3.63, 3.8) is 0 Å². The first-order valence-electron chi connectivity index (χ1n) is 11.7. The molecule has 0 saturated carbocycles. The molecule has 0 bridgehead atoms. The van der Waals surface area contributed by atoms with Crippen molar-refractivity contribution >= 4 is 27.0 Å².